The minimum absolute atomic E-state index is 0.0231. The van der Waals surface area contributed by atoms with Crippen molar-refractivity contribution in [3.63, 3.8) is 0 Å². The molecule has 6 heteroatoms. The van der Waals surface area contributed by atoms with Gasteiger partial charge in [0.25, 0.3) is 0 Å². The molecule has 2 heterocycles. The first-order valence-corrected chi connectivity index (χ1v) is 7.82. The molecule has 1 saturated carbocycles. The molecule has 1 aromatic carbocycles. The highest BCUT2D eigenvalue weighted by molar-refractivity contribution is 5.97. The molecule has 4 rings (SSSR count). The average Bonchev–Trinajstić information content (AvgIpc) is 3.22. The van der Waals surface area contributed by atoms with Crippen LogP contribution in [0.3, 0.4) is 0 Å². The molecule has 0 saturated heterocycles. The Balaban J connectivity index is 1.43. The summed E-state index contributed by atoms with van der Waals surface area (Å²) in [7, 11) is 1.88. The number of aryl methyl sites for hydroxylation is 2. The molecular formula is C17H18N4O2. The molecule has 2 unspecified atom stereocenters. The van der Waals surface area contributed by atoms with Crippen molar-refractivity contribution in [2.75, 3.05) is 10.6 Å². The predicted molar refractivity (Wildman–Crippen MR) is 86.1 cm³/mol. The van der Waals surface area contributed by atoms with Gasteiger partial charge in [-0.3, -0.25) is 14.3 Å². The zero-order chi connectivity index (χ0) is 16.0. The van der Waals surface area contributed by atoms with Crippen molar-refractivity contribution in [3.05, 3.63) is 41.7 Å². The van der Waals surface area contributed by atoms with E-state index in [0.29, 0.717) is 12.8 Å². The number of fused-ring (bicyclic) bond motifs is 1. The molecular weight excluding hydrogens is 292 g/mol. The number of anilines is 2. The lowest BCUT2D eigenvalue weighted by molar-refractivity contribution is -0.117. The van der Waals surface area contributed by atoms with Gasteiger partial charge in [-0.2, -0.15) is 5.10 Å². The van der Waals surface area contributed by atoms with Crippen LogP contribution in [0.2, 0.25) is 0 Å². The smallest absolute Gasteiger partial charge is 0.228 e. The van der Waals surface area contributed by atoms with Crippen LogP contribution in [0.4, 0.5) is 11.4 Å². The van der Waals surface area contributed by atoms with Gasteiger partial charge in [-0.15, -0.1) is 0 Å². The fourth-order valence-corrected chi connectivity index (χ4v) is 3.18. The van der Waals surface area contributed by atoms with Crippen LogP contribution in [-0.4, -0.2) is 21.6 Å². The monoisotopic (exact) mass is 310 g/mol. The molecule has 2 N–H and O–H groups in total. The van der Waals surface area contributed by atoms with Gasteiger partial charge in [-0.05, 0) is 48.1 Å². The predicted octanol–water partition coefficient (Wildman–Crippen LogP) is 2.05. The average molecular weight is 310 g/mol. The molecule has 0 spiro atoms. The van der Waals surface area contributed by atoms with E-state index in [-0.39, 0.29) is 23.7 Å². The molecule has 2 aliphatic rings. The summed E-state index contributed by atoms with van der Waals surface area (Å²) in [5.74, 6) is 0.403. The van der Waals surface area contributed by atoms with Crippen LogP contribution < -0.4 is 10.6 Å². The third-order valence-corrected chi connectivity index (χ3v) is 4.55. The van der Waals surface area contributed by atoms with Crippen molar-refractivity contribution < 1.29 is 9.59 Å². The lowest BCUT2D eigenvalue weighted by atomic mass is 10.0. The maximum absolute atomic E-state index is 12.4. The van der Waals surface area contributed by atoms with E-state index in [1.165, 1.54) is 0 Å². The van der Waals surface area contributed by atoms with Gasteiger partial charge in [0.1, 0.15) is 0 Å². The Kier molecular flexibility index (Phi) is 3.18. The lowest BCUT2D eigenvalue weighted by Gasteiger charge is -2.17. The van der Waals surface area contributed by atoms with Crippen LogP contribution in [0.25, 0.3) is 0 Å². The summed E-state index contributed by atoms with van der Waals surface area (Å²) in [4.78, 5) is 23.7. The second-order valence-corrected chi connectivity index (χ2v) is 6.31. The number of carbonyl (C=O) groups is 2. The number of amides is 2. The number of carbonyl (C=O) groups excluding carboxylic acids is 2. The number of rotatable bonds is 3. The van der Waals surface area contributed by atoms with Crippen molar-refractivity contribution in [1.29, 1.82) is 0 Å². The van der Waals surface area contributed by atoms with Crippen LogP contribution in [-0.2, 0) is 23.1 Å². The summed E-state index contributed by atoms with van der Waals surface area (Å²) in [6, 6.07) is 5.64. The third-order valence-electron chi connectivity index (χ3n) is 4.55. The van der Waals surface area contributed by atoms with Gasteiger partial charge in [-0.25, -0.2) is 0 Å². The highest BCUT2D eigenvalue weighted by Gasteiger charge is 2.44. The van der Waals surface area contributed by atoms with E-state index in [1.54, 1.807) is 4.68 Å². The largest absolute Gasteiger partial charge is 0.326 e. The first kappa shape index (κ1) is 14.0. The number of hydrogen-bond donors (Lipinski definition) is 2. The Morgan fingerprint density at radius 2 is 2.26 bits per heavy atom. The first-order chi connectivity index (χ1) is 11.1. The molecule has 6 nitrogen and oxygen atoms in total. The summed E-state index contributed by atoms with van der Waals surface area (Å²) < 4.78 is 1.76. The normalized spacial score (nSPS) is 22.2. The van der Waals surface area contributed by atoms with Crippen LogP contribution in [0.15, 0.2) is 30.6 Å². The summed E-state index contributed by atoms with van der Waals surface area (Å²) in [5.41, 5.74) is 3.84. The second kappa shape index (κ2) is 5.22. The Bertz CT molecular complexity index is 796. The number of nitrogens with one attached hydrogen (secondary N) is 2. The van der Waals surface area contributed by atoms with Crippen LogP contribution in [0, 0.1) is 5.92 Å². The molecule has 23 heavy (non-hydrogen) atoms. The van der Waals surface area contributed by atoms with E-state index in [4.69, 9.17) is 0 Å². The second-order valence-electron chi connectivity index (χ2n) is 6.31. The van der Waals surface area contributed by atoms with Crippen molar-refractivity contribution >= 4 is 23.2 Å². The number of hydrogen-bond acceptors (Lipinski definition) is 3. The maximum Gasteiger partial charge on any atom is 0.228 e. The number of nitrogens with zero attached hydrogens (tertiary/aromatic N) is 2. The molecule has 2 aromatic rings. The van der Waals surface area contributed by atoms with Crippen molar-refractivity contribution in [3.8, 4) is 0 Å². The molecule has 2 atom stereocenters. The summed E-state index contributed by atoms with van der Waals surface area (Å²) in [5, 5.41) is 10.00. The minimum Gasteiger partial charge on any atom is -0.326 e. The van der Waals surface area contributed by atoms with E-state index in [9.17, 15) is 9.59 Å². The fourth-order valence-electron chi connectivity index (χ4n) is 3.18. The van der Waals surface area contributed by atoms with Gasteiger partial charge < -0.3 is 10.6 Å². The van der Waals surface area contributed by atoms with E-state index in [1.807, 2.05) is 37.6 Å². The quantitative estimate of drug-likeness (QED) is 0.911. The number of aromatic nitrogens is 2. The molecule has 0 bridgehead atoms. The van der Waals surface area contributed by atoms with Crippen LogP contribution in [0.1, 0.15) is 29.9 Å². The Hall–Kier alpha value is -2.63. The van der Waals surface area contributed by atoms with Gasteiger partial charge in [0.2, 0.25) is 11.8 Å². The summed E-state index contributed by atoms with van der Waals surface area (Å²) in [6.45, 7) is 0. The van der Waals surface area contributed by atoms with Crippen LogP contribution in [0.5, 0.6) is 0 Å². The Labute approximate surface area is 133 Å². The van der Waals surface area contributed by atoms with Crippen molar-refractivity contribution in [1.82, 2.24) is 9.78 Å². The standard InChI is InChI=1S/C17H18N4O2/c1-21-9-11(8-18-21)13-7-14(13)17(23)19-12-3-4-15-10(6-12)2-5-16(22)20-15/h3-4,6,8-9,13-14H,2,5,7H2,1H3,(H,19,23)(H,20,22). The molecule has 1 fully saturated rings. The van der Waals surface area contributed by atoms with Gasteiger partial charge in [0, 0.05) is 37.0 Å². The lowest BCUT2D eigenvalue weighted by Crippen LogP contribution is -2.20. The van der Waals surface area contributed by atoms with E-state index < -0.39 is 0 Å². The number of benzene rings is 1. The topological polar surface area (TPSA) is 76.0 Å². The van der Waals surface area contributed by atoms with Gasteiger partial charge in [-0.1, -0.05) is 0 Å². The van der Waals surface area contributed by atoms with Gasteiger partial charge in [0.05, 0.1) is 6.20 Å². The first-order valence-electron chi connectivity index (χ1n) is 7.82. The highest BCUT2D eigenvalue weighted by atomic mass is 16.2. The SMILES string of the molecule is Cn1cc(C2CC2C(=O)Nc2ccc3c(c2)CCC(=O)N3)cn1. The van der Waals surface area contributed by atoms with Crippen LogP contribution >= 0.6 is 0 Å². The maximum atomic E-state index is 12.4. The van der Waals surface area contributed by atoms with E-state index in [2.05, 4.69) is 15.7 Å². The van der Waals surface area contributed by atoms with E-state index in [0.717, 1.165) is 28.9 Å². The molecule has 1 aromatic heterocycles. The molecule has 118 valence electrons. The molecule has 0 radical (unpaired) electrons. The van der Waals surface area contributed by atoms with Gasteiger partial charge >= 0.3 is 0 Å². The molecule has 1 aliphatic heterocycles. The highest BCUT2D eigenvalue weighted by Crippen LogP contribution is 2.47. The summed E-state index contributed by atoms with van der Waals surface area (Å²) in [6.07, 6.45) is 5.89. The van der Waals surface area contributed by atoms with Crippen molar-refractivity contribution in [2.45, 2.75) is 25.2 Å². The van der Waals surface area contributed by atoms with Gasteiger partial charge in [0.15, 0.2) is 0 Å². The zero-order valence-corrected chi connectivity index (χ0v) is 12.9. The fraction of sp³-hybridized carbons (Fsp3) is 0.353. The van der Waals surface area contributed by atoms with Crippen molar-refractivity contribution in [2.24, 2.45) is 13.0 Å². The third kappa shape index (κ3) is 2.72. The zero-order valence-electron chi connectivity index (χ0n) is 12.9. The Morgan fingerprint density at radius 3 is 3.04 bits per heavy atom. The molecule has 2 amide bonds. The minimum atomic E-state index is 0.0231. The Morgan fingerprint density at radius 1 is 1.39 bits per heavy atom. The summed E-state index contributed by atoms with van der Waals surface area (Å²) >= 11 is 0. The molecule has 1 aliphatic carbocycles. The van der Waals surface area contributed by atoms with E-state index >= 15 is 0 Å².